The summed E-state index contributed by atoms with van der Waals surface area (Å²) in [7, 11) is 0. The van der Waals surface area contributed by atoms with Crippen LogP contribution in [0, 0.1) is 5.92 Å². The summed E-state index contributed by atoms with van der Waals surface area (Å²) >= 11 is 0. The van der Waals surface area contributed by atoms with Crippen LogP contribution in [0.5, 0.6) is 5.75 Å². The van der Waals surface area contributed by atoms with Gasteiger partial charge in [-0.15, -0.1) is 0 Å². The highest BCUT2D eigenvalue weighted by atomic mass is 16.5. The van der Waals surface area contributed by atoms with Crippen molar-refractivity contribution < 1.29 is 19.5 Å². The van der Waals surface area contributed by atoms with Crippen molar-refractivity contribution in [3.05, 3.63) is 60.5 Å². The number of amides is 1. The van der Waals surface area contributed by atoms with E-state index < -0.39 is 5.91 Å². The van der Waals surface area contributed by atoms with E-state index >= 15 is 0 Å². The molecule has 0 fully saturated rings. The molecule has 0 saturated heterocycles. The molecule has 1 unspecified atom stereocenters. The Morgan fingerprint density at radius 1 is 1.07 bits per heavy atom. The van der Waals surface area contributed by atoms with Crippen molar-refractivity contribution in [3.8, 4) is 28.3 Å². The summed E-state index contributed by atoms with van der Waals surface area (Å²) in [5, 5.41) is 18.4. The Hall–Kier alpha value is -3.12. The van der Waals surface area contributed by atoms with Crippen LogP contribution in [0.25, 0.3) is 22.6 Å². The van der Waals surface area contributed by atoms with Crippen molar-refractivity contribution in [1.82, 2.24) is 10.5 Å². The van der Waals surface area contributed by atoms with Gasteiger partial charge in [0.05, 0.1) is 0 Å². The van der Waals surface area contributed by atoms with Crippen molar-refractivity contribution in [2.24, 2.45) is 5.92 Å². The fourth-order valence-electron chi connectivity index (χ4n) is 3.00. The number of nitrogens with zero attached hydrogens (tertiary/aromatic N) is 1. The molecule has 3 aromatic rings. The molecular formula is C21H22N2O4. The van der Waals surface area contributed by atoms with Gasteiger partial charge in [-0.2, -0.15) is 0 Å². The number of carbonyl (C=O) groups excluding carboxylic acids is 1. The molecule has 1 amide bonds. The third-order valence-corrected chi connectivity index (χ3v) is 4.51. The van der Waals surface area contributed by atoms with E-state index in [-0.39, 0.29) is 17.6 Å². The molecule has 1 aromatic heterocycles. The summed E-state index contributed by atoms with van der Waals surface area (Å²) in [5.74, 6) is 0.379. The van der Waals surface area contributed by atoms with E-state index in [0.29, 0.717) is 23.8 Å². The minimum atomic E-state index is -0.435. The molecule has 6 heteroatoms. The number of hydroxylamine groups is 1. The Bertz CT molecular complexity index is 904. The summed E-state index contributed by atoms with van der Waals surface area (Å²) in [6.07, 6.45) is 0.482. The Balaban J connectivity index is 1.99. The lowest BCUT2D eigenvalue weighted by molar-refractivity contribution is -0.133. The monoisotopic (exact) mass is 366 g/mol. The average Bonchev–Trinajstić information content (AvgIpc) is 3.14. The van der Waals surface area contributed by atoms with Crippen molar-refractivity contribution in [2.45, 2.75) is 26.2 Å². The van der Waals surface area contributed by atoms with Crippen LogP contribution in [0.1, 0.15) is 32.1 Å². The van der Waals surface area contributed by atoms with Gasteiger partial charge < -0.3 is 9.52 Å². The summed E-state index contributed by atoms with van der Waals surface area (Å²) in [5.41, 5.74) is 4.12. The number of aromatic hydroxyl groups is 1. The van der Waals surface area contributed by atoms with Crippen molar-refractivity contribution in [2.75, 3.05) is 0 Å². The highest BCUT2D eigenvalue weighted by Crippen LogP contribution is 2.36. The first-order valence-electron chi connectivity index (χ1n) is 8.79. The molecule has 0 spiro atoms. The van der Waals surface area contributed by atoms with Gasteiger partial charge in [0.2, 0.25) is 5.91 Å². The highest BCUT2D eigenvalue weighted by Gasteiger charge is 2.24. The molecule has 0 radical (unpaired) electrons. The second kappa shape index (κ2) is 8.05. The molecule has 27 heavy (non-hydrogen) atoms. The smallest absolute Gasteiger partial charge is 0.246 e. The van der Waals surface area contributed by atoms with E-state index in [1.54, 1.807) is 36.7 Å². The van der Waals surface area contributed by atoms with Gasteiger partial charge in [0.25, 0.3) is 0 Å². The van der Waals surface area contributed by atoms with Crippen LogP contribution in [0.4, 0.5) is 0 Å². The first-order valence-corrected chi connectivity index (χ1v) is 8.79. The molecule has 6 nitrogen and oxygen atoms in total. The van der Waals surface area contributed by atoms with Gasteiger partial charge in [-0.1, -0.05) is 44.2 Å². The molecular weight excluding hydrogens is 344 g/mol. The maximum atomic E-state index is 11.6. The minimum absolute atomic E-state index is 0.120. The molecule has 0 bridgehead atoms. The van der Waals surface area contributed by atoms with Crippen LogP contribution >= 0.6 is 0 Å². The Morgan fingerprint density at radius 2 is 1.74 bits per heavy atom. The maximum Gasteiger partial charge on any atom is 0.246 e. The van der Waals surface area contributed by atoms with E-state index in [2.05, 4.69) is 0 Å². The lowest BCUT2D eigenvalue weighted by Gasteiger charge is -2.12. The molecule has 1 heterocycles. The van der Waals surface area contributed by atoms with Crippen molar-refractivity contribution in [3.63, 3.8) is 0 Å². The van der Waals surface area contributed by atoms with Gasteiger partial charge in [0.1, 0.15) is 11.4 Å². The normalized spacial score (nSPS) is 13.1. The third kappa shape index (κ3) is 4.17. The predicted octanol–water partition coefficient (Wildman–Crippen LogP) is 4.35. The number of hydrogen-bond donors (Lipinski definition) is 3. The largest absolute Gasteiger partial charge is 0.508 e. The number of carbonyl (C=O) groups is 1. The number of hydrogen-bond acceptors (Lipinski definition) is 5. The topological polar surface area (TPSA) is 95.6 Å². The Labute approximate surface area is 157 Å². The van der Waals surface area contributed by atoms with Crippen LogP contribution < -0.4 is 5.48 Å². The number of nitrogens with one attached hydrogen (secondary N) is 1. The highest BCUT2D eigenvalue weighted by molar-refractivity contribution is 5.78. The average molecular weight is 366 g/mol. The number of aromatic nitrogens is 1. The SMILES string of the molecule is CC(C[C@H](C)C(=O)NO)c1nc(-c2ccccc2)c(-c2ccc(O)cc2)o1. The van der Waals surface area contributed by atoms with E-state index in [1.165, 1.54) is 0 Å². The van der Waals surface area contributed by atoms with Crippen LogP contribution in [-0.4, -0.2) is 21.2 Å². The fourth-order valence-corrected chi connectivity index (χ4v) is 3.00. The van der Waals surface area contributed by atoms with Crippen LogP contribution in [0.2, 0.25) is 0 Å². The summed E-state index contributed by atoms with van der Waals surface area (Å²) in [6, 6.07) is 16.5. The summed E-state index contributed by atoms with van der Waals surface area (Å²) in [6.45, 7) is 3.67. The second-order valence-electron chi connectivity index (χ2n) is 6.66. The van der Waals surface area contributed by atoms with Crippen LogP contribution in [0.15, 0.2) is 59.0 Å². The van der Waals surface area contributed by atoms with Crippen LogP contribution in [-0.2, 0) is 4.79 Å². The number of oxazole rings is 1. The molecule has 3 rings (SSSR count). The second-order valence-corrected chi connectivity index (χ2v) is 6.66. The predicted molar refractivity (Wildman–Crippen MR) is 101 cm³/mol. The zero-order chi connectivity index (χ0) is 19.4. The van der Waals surface area contributed by atoms with E-state index in [0.717, 1.165) is 11.1 Å². The summed E-state index contributed by atoms with van der Waals surface area (Å²) in [4.78, 5) is 16.3. The maximum absolute atomic E-state index is 11.6. The van der Waals surface area contributed by atoms with Crippen LogP contribution in [0.3, 0.4) is 0 Å². The lowest BCUT2D eigenvalue weighted by atomic mass is 9.97. The van der Waals surface area contributed by atoms with Gasteiger partial charge in [-0.25, -0.2) is 10.5 Å². The molecule has 140 valence electrons. The van der Waals surface area contributed by atoms with Crippen molar-refractivity contribution in [1.29, 1.82) is 0 Å². The van der Waals surface area contributed by atoms with E-state index in [1.807, 2.05) is 37.3 Å². The molecule has 0 aliphatic carbocycles. The minimum Gasteiger partial charge on any atom is -0.508 e. The fraction of sp³-hybridized carbons (Fsp3) is 0.238. The van der Waals surface area contributed by atoms with Gasteiger partial charge in [-0.3, -0.25) is 10.0 Å². The molecule has 2 aromatic carbocycles. The summed E-state index contributed by atoms with van der Waals surface area (Å²) < 4.78 is 6.08. The van der Waals surface area contributed by atoms with E-state index in [4.69, 9.17) is 14.6 Å². The van der Waals surface area contributed by atoms with Gasteiger partial charge in [0, 0.05) is 23.0 Å². The number of phenols is 1. The van der Waals surface area contributed by atoms with Gasteiger partial charge in [-0.05, 0) is 30.7 Å². The zero-order valence-corrected chi connectivity index (χ0v) is 15.2. The zero-order valence-electron chi connectivity index (χ0n) is 15.2. The standard InChI is InChI=1S/C21H22N2O4/c1-13(20(25)23-26)12-14(2)21-22-18(15-6-4-3-5-7-15)19(27-21)16-8-10-17(24)11-9-16/h3-11,13-14,24,26H,12H2,1-2H3,(H,23,25)/t13-,14?/m0/s1. The molecule has 0 aliphatic rings. The molecule has 0 aliphatic heterocycles. The molecule has 0 saturated carbocycles. The van der Waals surface area contributed by atoms with Gasteiger partial charge >= 0.3 is 0 Å². The first kappa shape index (κ1) is 18.7. The Morgan fingerprint density at radius 3 is 2.37 bits per heavy atom. The van der Waals surface area contributed by atoms with Crippen molar-refractivity contribution >= 4 is 5.91 Å². The lowest BCUT2D eigenvalue weighted by Crippen LogP contribution is -2.26. The molecule has 2 atom stereocenters. The van der Waals surface area contributed by atoms with Gasteiger partial charge in [0.15, 0.2) is 11.7 Å². The third-order valence-electron chi connectivity index (χ3n) is 4.51. The number of rotatable bonds is 6. The van der Waals surface area contributed by atoms with E-state index in [9.17, 15) is 9.90 Å². The first-order chi connectivity index (χ1) is 13.0. The quantitative estimate of drug-likeness (QED) is 0.445. The number of phenolic OH excluding ortho intramolecular Hbond substituents is 1. The molecule has 3 N–H and O–H groups in total. The Kier molecular flexibility index (Phi) is 5.57. The number of benzene rings is 2.